The number of fused-ring (bicyclic) bond motifs is 1. The van der Waals surface area contributed by atoms with Gasteiger partial charge in [0.15, 0.2) is 5.13 Å². The van der Waals surface area contributed by atoms with Crippen LogP contribution in [-0.2, 0) is 0 Å². The molecule has 0 saturated heterocycles. The predicted molar refractivity (Wildman–Crippen MR) is 95.8 cm³/mol. The van der Waals surface area contributed by atoms with Gasteiger partial charge in [-0.15, -0.1) is 11.3 Å². The van der Waals surface area contributed by atoms with Gasteiger partial charge in [0.25, 0.3) is 17.7 Å². The van der Waals surface area contributed by atoms with E-state index in [0.717, 1.165) is 4.90 Å². The minimum absolute atomic E-state index is 0.0338. The van der Waals surface area contributed by atoms with Crippen molar-refractivity contribution in [2.45, 2.75) is 0 Å². The van der Waals surface area contributed by atoms with Gasteiger partial charge in [-0.1, -0.05) is 0 Å². The Bertz CT molecular complexity index is 1030. The zero-order chi connectivity index (χ0) is 18.3. The summed E-state index contributed by atoms with van der Waals surface area (Å²) in [6.07, 6.45) is 1.57. The summed E-state index contributed by atoms with van der Waals surface area (Å²) in [6.45, 7) is 0. The number of rotatable bonds is 3. The molecule has 1 aliphatic rings. The SMILES string of the molecule is O=C(Nc1nccs1)c1ccc2c(c1)C(=O)N(c1ccc(O)cc1)C2=O. The van der Waals surface area contributed by atoms with Crippen LogP contribution in [0.3, 0.4) is 0 Å². The van der Waals surface area contributed by atoms with Gasteiger partial charge in [-0.2, -0.15) is 0 Å². The molecular weight excluding hydrogens is 354 g/mol. The molecular formula is C18H11N3O4S. The maximum atomic E-state index is 12.7. The van der Waals surface area contributed by atoms with Crippen molar-refractivity contribution in [2.75, 3.05) is 10.2 Å². The van der Waals surface area contributed by atoms with Gasteiger partial charge in [0, 0.05) is 17.1 Å². The number of imide groups is 1. The highest BCUT2D eigenvalue weighted by molar-refractivity contribution is 7.13. The van der Waals surface area contributed by atoms with Crippen molar-refractivity contribution in [3.05, 3.63) is 70.7 Å². The molecule has 0 unspecified atom stereocenters. The maximum Gasteiger partial charge on any atom is 0.266 e. The summed E-state index contributed by atoms with van der Waals surface area (Å²) in [7, 11) is 0. The Morgan fingerprint density at radius 2 is 1.77 bits per heavy atom. The number of aromatic nitrogens is 1. The predicted octanol–water partition coefficient (Wildman–Crippen LogP) is 2.90. The number of benzene rings is 2. The molecule has 7 nitrogen and oxygen atoms in total. The number of aromatic hydroxyl groups is 1. The maximum absolute atomic E-state index is 12.7. The quantitative estimate of drug-likeness (QED) is 0.695. The van der Waals surface area contributed by atoms with E-state index < -0.39 is 17.7 Å². The molecule has 26 heavy (non-hydrogen) atoms. The van der Waals surface area contributed by atoms with E-state index in [2.05, 4.69) is 10.3 Å². The summed E-state index contributed by atoms with van der Waals surface area (Å²) in [4.78, 5) is 42.6. The van der Waals surface area contributed by atoms with Crippen molar-refractivity contribution in [3.63, 3.8) is 0 Å². The van der Waals surface area contributed by atoms with Gasteiger partial charge in [-0.25, -0.2) is 9.88 Å². The standard InChI is InChI=1S/C18H11N3O4S/c22-12-4-2-11(3-5-12)21-16(24)13-6-1-10(9-14(13)17(21)25)15(23)20-18-19-7-8-26-18/h1-9,22H,(H,19,20,23). The van der Waals surface area contributed by atoms with E-state index in [-0.39, 0.29) is 22.4 Å². The van der Waals surface area contributed by atoms with Crippen LogP contribution in [0.1, 0.15) is 31.1 Å². The van der Waals surface area contributed by atoms with Gasteiger partial charge < -0.3 is 5.11 Å². The molecule has 128 valence electrons. The van der Waals surface area contributed by atoms with Gasteiger partial charge in [-0.05, 0) is 42.5 Å². The Hall–Kier alpha value is -3.52. The van der Waals surface area contributed by atoms with Crippen LogP contribution in [-0.4, -0.2) is 27.8 Å². The molecule has 1 aromatic heterocycles. The Balaban J connectivity index is 1.66. The first-order valence-corrected chi connectivity index (χ1v) is 8.45. The summed E-state index contributed by atoms with van der Waals surface area (Å²) >= 11 is 1.28. The van der Waals surface area contributed by atoms with Gasteiger partial charge in [0.1, 0.15) is 5.75 Å². The van der Waals surface area contributed by atoms with E-state index in [4.69, 9.17) is 0 Å². The molecule has 8 heteroatoms. The molecule has 0 saturated carbocycles. The molecule has 3 amide bonds. The molecule has 2 N–H and O–H groups in total. The highest BCUT2D eigenvalue weighted by atomic mass is 32.1. The van der Waals surface area contributed by atoms with E-state index in [1.54, 1.807) is 11.6 Å². The largest absolute Gasteiger partial charge is 0.508 e. The van der Waals surface area contributed by atoms with E-state index in [9.17, 15) is 19.5 Å². The van der Waals surface area contributed by atoms with Crippen LogP contribution in [0.5, 0.6) is 5.75 Å². The van der Waals surface area contributed by atoms with E-state index in [0.29, 0.717) is 10.8 Å². The Morgan fingerprint density at radius 3 is 2.46 bits per heavy atom. The second kappa shape index (κ2) is 6.08. The second-order valence-corrected chi connectivity index (χ2v) is 6.41. The molecule has 3 aromatic rings. The molecule has 4 rings (SSSR count). The van der Waals surface area contributed by atoms with Gasteiger partial charge in [-0.3, -0.25) is 19.7 Å². The fourth-order valence-electron chi connectivity index (χ4n) is 2.67. The summed E-state index contributed by atoms with van der Waals surface area (Å²) in [5, 5.41) is 14.2. The first kappa shape index (κ1) is 16.0. The third-order valence-corrected chi connectivity index (χ3v) is 4.60. The molecule has 1 aliphatic heterocycles. The van der Waals surface area contributed by atoms with Crippen LogP contribution in [0, 0.1) is 0 Å². The zero-order valence-corrected chi connectivity index (χ0v) is 14.0. The number of phenolic OH excluding ortho intramolecular Hbond substituents is 1. The Labute approximate surface area is 151 Å². The number of amides is 3. The zero-order valence-electron chi connectivity index (χ0n) is 13.2. The van der Waals surface area contributed by atoms with Crippen LogP contribution < -0.4 is 10.2 Å². The fourth-order valence-corrected chi connectivity index (χ4v) is 3.20. The third-order valence-electron chi connectivity index (χ3n) is 3.91. The smallest absolute Gasteiger partial charge is 0.266 e. The number of phenols is 1. The average Bonchev–Trinajstić information content (AvgIpc) is 3.23. The van der Waals surface area contributed by atoms with E-state index >= 15 is 0 Å². The lowest BCUT2D eigenvalue weighted by Crippen LogP contribution is -2.29. The number of nitrogens with one attached hydrogen (secondary N) is 1. The first-order valence-electron chi connectivity index (χ1n) is 7.57. The van der Waals surface area contributed by atoms with Crippen LogP contribution in [0.4, 0.5) is 10.8 Å². The molecule has 2 heterocycles. The lowest BCUT2D eigenvalue weighted by molar-refractivity contribution is 0.0925. The fraction of sp³-hybridized carbons (Fsp3) is 0. The van der Waals surface area contributed by atoms with Crippen molar-refractivity contribution in [3.8, 4) is 5.75 Å². The average molecular weight is 365 g/mol. The molecule has 0 aliphatic carbocycles. The van der Waals surface area contributed by atoms with Crippen molar-refractivity contribution in [1.82, 2.24) is 4.98 Å². The van der Waals surface area contributed by atoms with Crippen molar-refractivity contribution in [2.24, 2.45) is 0 Å². The summed E-state index contributed by atoms with van der Waals surface area (Å²) < 4.78 is 0. The minimum atomic E-state index is -0.514. The van der Waals surface area contributed by atoms with Crippen LogP contribution >= 0.6 is 11.3 Å². The van der Waals surface area contributed by atoms with Crippen LogP contribution in [0.2, 0.25) is 0 Å². The van der Waals surface area contributed by atoms with Gasteiger partial charge in [0.05, 0.1) is 16.8 Å². The van der Waals surface area contributed by atoms with Crippen molar-refractivity contribution < 1.29 is 19.5 Å². The third kappa shape index (κ3) is 2.62. The number of hydrogen-bond acceptors (Lipinski definition) is 6. The number of carbonyl (C=O) groups is 3. The number of thiazole rings is 1. The molecule has 0 radical (unpaired) electrons. The number of carbonyl (C=O) groups excluding carboxylic acids is 3. The highest BCUT2D eigenvalue weighted by Crippen LogP contribution is 2.30. The molecule has 2 aromatic carbocycles. The van der Waals surface area contributed by atoms with Gasteiger partial charge in [0.2, 0.25) is 0 Å². The molecule has 0 bridgehead atoms. The lowest BCUT2D eigenvalue weighted by atomic mass is 10.1. The number of nitrogens with zero attached hydrogens (tertiary/aromatic N) is 2. The summed E-state index contributed by atoms with van der Waals surface area (Å²) in [6, 6.07) is 10.1. The van der Waals surface area contributed by atoms with E-state index in [1.165, 1.54) is 53.8 Å². The van der Waals surface area contributed by atoms with Gasteiger partial charge >= 0.3 is 0 Å². The van der Waals surface area contributed by atoms with Crippen LogP contribution in [0.25, 0.3) is 0 Å². The first-order chi connectivity index (χ1) is 12.5. The van der Waals surface area contributed by atoms with Crippen LogP contribution in [0.15, 0.2) is 54.0 Å². The number of hydrogen-bond donors (Lipinski definition) is 2. The Kier molecular flexibility index (Phi) is 3.74. The highest BCUT2D eigenvalue weighted by Gasteiger charge is 2.37. The number of anilines is 2. The molecule has 0 fully saturated rings. The monoisotopic (exact) mass is 365 g/mol. The Morgan fingerprint density at radius 1 is 1.04 bits per heavy atom. The molecule has 0 atom stereocenters. The molecule has 0 spiro atoms. The van der Waals surface area contributed by atoms with E-state index in [1.807, 2.05) is 0 Å². The minimum Gasteiger partial charge on any atom is -0.508 e. The summed E-state index contributed by atoms with van der Waals surface area (Å²) in [5.74, 6) is -1.36. The lowest BCUT2D eigenvalue weighted by Gasteiger charge is -2.13. The van der Waals surface area contributed by atoms with Crippen molar-refractivity contribution in [1.29, 1.82) is 0 Å². The normalized spacial score (nSPS) is 13.0. The second-order valence-electron chi connectivity index (χ2n) is 5.51. The summed E-state index contributed by atoms with van der Waals surface area (Å²) in [5.41, 5.74) is 0.999. The topological polar surface area (TPSA) is 99.6 Å². The van der Waals surface area contributed by atoms with Crippen molar-refractivity contribution >= 4 is 39.9 Å².